The standard InChI is InChI=1S/C21H33N3O8/c1-11(2)7-15(24-21(29)32-17-10-31-20-13(17)4-6-30-20)19(28)23-14(16(26)9-25)8-12-3-5-22-18(12)27/h11-15,17,20,25H,3-10H2,1-2H3,(H,22,27)(H,23,28)(H,24,29)/t12-,13-,14-,15-,17-,20+/m0/s1. The van der Waals surface area contributed by atoms with Gasteiger partial charge in [0.05, 0.1) is 25.2 Å². The number of aliphatic hydroxyl groups is 1. The summed E-state index contributed by atoms with van der Waals surface area (Å²) in [6.45, 7) is 4.35. The third kappa shape index (κ3) is 6.17. The molecule has 0 spiro atoms. The molecule has 11 nitrogen and oxygen atoms in total. The van der Waals surface area contributed by atoms with Crippen LogP contribution in [-0.4, -0.2) is 79.6 Å². The molecule has 0 aromatic carbocycles. The van der Waals surface area contributed by atoms with Crippen molar-refractivity contribution in [2.75, 3.05) is 26.4 Å². The lowest BCUT2D eigenvalue weighted by atomic mass is 9.95. The van der Waals surface area contributed by atoms with Gasteiger partial charge in [0.2, 0.25) is 11.8 Å². The molecule has 0 saturated carbocycles. The van der Waals surface area contributed by atoms with Gasteiger partial charge in [0.15, 0.2) is 12.1 Å². The van der Waals surface area contributed by atoms with Crippen LogP contribution in [0.4, 0.5) is 4.79 Å². The zero-order chi connectivity index (χ0) is 23.3. The van der Waals surface area contributed by atoms with Gasteiger partial charge in [-0.3, -0.25) is 14.4 Å². The second kappa shape index (κ2) is 11.1. The van der Waals surface area contributed by atoms with Crippen molar-refractivity contribution in [3.8, 4) is 0 Å². The predicted octanol–water partition coefficient (Wildman–Crippen LogP) is -0.539. The summed E-state index contributed by atoms with van der Waals surface area (Å²) < 4.78 is 16.4. The molecule has 0 aromatic rings. The second-order valence-electron chi connectivity index (χ2n) is 8.99. The van der Waals surface area contributed by atoms with E-state index >= 15 is 0 Å². The first kappa shape index (κ1) is 24.4. The molecular formula is C21H33N3O8. The van der Waals surface area contributed by atoms with Crippen LogP contribution in [0, 0.1) is 17.8 Å². The molecular weight excluding hydrogens is 422 g/mol. The average molecular weight is 456 g/mol. The van der Waals surface area contributed by atoms with E-state index in [1.54, 1.807) is 0 Å². The fourth-order valence-electron chi connectivity index (χ4n) is 4.37. The van der Waals surface area contributed by atoms with Gasteiger partial charge in [0, 0.05) is 12.5 Å². The first-order valence-corrected chi connectivity index (χ1v) is 11.2. The Morgan fingerprint density at radius 2 is 1.97 bits per heavy atom. The molecule has 180 valence electrons. The fraction of sp³-hybridized carbons (Fsp3) is 0.810. The smallest absolute Gasteiger partial charge is 0.408 e. The summed E-state index contributed by atoms with van der Waals surface area (Å²) in [6.07, 6.45) is 0.152. The van der Waals surface area contributed by atoms with Gasteiger partial charge in [-0.15, -0.1) is 0 Å². The highest BCUT2D eigenvalue weighted by molar-refractivity contribution is 5.93. The molecule has 0 aromatic heterocycles. The van der Waals surface area contributed by atoms with Crippen LogP contribution >= 0.6 is 0 Å². The van der Waals surface area contributed by atoms with Crippen molar-refractivity contribution in [1.82, 2.24) is 16.0 Å². The molecule has 3 fully saturated rings. The van der Waals surface area contributed by atoms with Crippen LogP contribution in [0.3, 0.4) is 0 Å². The van der Waals surface area contributed by atoms with E-state index in [-0.39, 0.29) is 37.1 Å². The normalized spacial score (nSPS) is 28.7. The summed E-state index contributed by atoms with van der Waals surface area (Å²) in [4.78, 5) is 49.6. The lowest BCUT2D eigenvalue weighted by Gasteiger charge is -2.25. The van der Waals surface area contributed by atoms with Crippen molar-refractivity contribution < 1.29 is 38.5 Å². The van der Waals surface area contributed by atoms with Crippen molar-refractivity contribution in [1.29, 1.82) is 0 Å². The molecule has 3 amide bonds. The SMILES string of the molecule is CC(C)C[C@H](NC(=O)O[C@H]1CO[C@H]2OCC[C@H]21)C(=O)N[C@@H](C[C@@H]1CCNC1=O)C(=O)CO. The van der Waals surface area contributed by atoms with Crippen molar-refractivity contribution in [2.45, 2.75) is 64.0 Å². The summed E-state index contributed by atoms with van der Waals surface area (Å²) in [5.74, 6) is -1.70. The Kier molecular flexibility index (Phi) is 8.44. The van der Waals surface area contributed by atoms with E-state index in [0.717, 1.165) is 6.42 Å². The molecule has 3 rings (SSSR count). The van der Waals surface area contributed by atoms with Gasteiger partial charge in [0.25, 0.3) is 0 Å². The first-order valence-electron chi connectivity index (χ1n) is 11.2. The van der Waals surface area contributed by atoms with E-state index in [2.05, 4.69) is 16.0 Å². The number of rotatable bonds is 10. The Balaban J connectivity index is 1.59. The van der Waals surface area contributed by atoms with E-state index in [1.165, 1.54) is 0 Å². The molecule has 3 aliphatic rings. The number of carbonyl (C=O) groups is 4. The van der Waals surface area contributed by atoms with E-state index < -0.39 is 48.5 Å². The number of amides is 3. The molecule has 6 atom stereocenters. The molecule has 3 heterocycles. The maximum absolute atomic E-state index is 13.0. The van der Waals surface area contributed by atoms with Crippen molar-refractivity contribution >= 4 is 23.7 Å². The molecule has 0 bridgehead atoms. The predicted molar refractivity (Wildman–Crippen MR) is 110 cm³/mol. The highest BCUT2D eigenvalue weighted by atomic mass is 16.7. The molecule has 11 heteroatoms. The van der Waals surface area contributed by atoms with Crippen LogP contribution in [0.15, 0.2) is 0 Å². The molecule has 3 aliphatic heterocycles. The largest absolute Gasteiger partial charge is 0.443 e. The molecule has 0 aliphatic carbocycles. The van der Waals surface area contributed by atoms with Gasteiger partial charge in [-0.05, 0) is 31.6 Å². The number of aliphatic hydroxyl groups excluding tert-OH is 1. The molecule has 0 unspecified atom stereocenters. The minimum absolute atomic E-state index is 0.0257. The van der Waals surface area contributed by atoms with Crippen molar-refractivity contribution in [3.63, 3.8) is 0 Å². The molecule has 0 radical (unpaired) electrons. The zero-order valence-corrected chi connectivity index (χ0v) is 18.5. The van der Waals surface area contributed by atoms with Crippen LogP contribution in [-0.2, 0) is 28.6 Å². The van der Waals surface area contributed by atoms with Crippen LogP contribution in [0.1, 0.15) is 39.5 Å². The summed E-state index contributed by atoms with van der Waals surface area (Å²) in [6, 6.07) is -1.96. The zero-order valence-electron chi connectivity index (χ0n) is 18.5. The number of nitrogens with one attached hydrogen (secondary N) is 3. The van der Waals surface area contributed by atoms with Gasteiger partial charge >= 0.3 is 6.09 Å². The number of alkyl carbamates (subject to hydrolysis) is 1. The molecule has 3 saturated heterocycles. The number of ketones is 1. The van der Waals surface area contributed by atoms with E-state index in [4.69, 9.17) is 14.2 Å². The highest BCUT2D eigenvalue weighted by Crippen LogP contribution is 2.33. The summed E-state index contributed by atoms with van der Waals surface area (Å²) >= 11 is 0. The number of ether oxygens (including phenoxy) is 3. The Morgan fingerprint density at radius 3 is 2.62 bits per heavy atom. The van der Waals surface area contributed by atoms with Crippen molar-refractivity contribution in [2.24, 2.45) is 17.8 Å². The summed E-state index contributed by atoms with van der Waals surface area (Å²) in [5, 5.41) is 17.2. The third-order valence-electron chi connectivity index (χ3n) is 6.10. The maximum Gasteiger partial charge on any atom is 0.408 e. The van der Waals surface area contributed by atoms with E-state index in [1.807, 2.05) is 13.8 Å². The van der Waals surface area contributed by atoms with Crippen LogP contribution in [0.2, 0.25) is 0 Å². The summed E-state index contributed by atoms with van der Waals surface area (Å²) in [7, 11) is 0. The Bertz CT molecular complexity index is 715. The molecule has 4 N–H and O–H groups in total. The van der Waals surface area contributed by atoms with Crippen LogP contribution in [0.5, 0.6) is 0 Å². The van der Waals surface area contributed by atoms with Gasteiger partial charge in [0.1, 0.15) is 18.8 Å². The first-order chi connectivity index (χ1) is 15.3. The topological polar surface area (TPSA) is 152 Å². The average Bonchev–Trinajstić information content (AvgIpc) is 3.45. The number of hydrogen-bond acceptors (Lipinski definition) is 8. The monoisotopic (exact) mass is 455 g/mol. The van der Waals surface area contributed by atoms with Crippen LogP contribution < -0.4 is 16.0 Å². The fourth-order valence-corrected chi connectivity index (χ4v) is 4.37. The van der Waals surface area contributed by atoms with Gasteiger partial charge < -0.3 is 35.3 Å². The Morgan fingerprint density at radius 1 is 1.19 bits per heavy atom. The Hall–Kier alpha value is -2.24. The second-order valence-corrected chi connectivity index (χ2v) is 8.99. The lowest BCUT2D eigenvalue weighted by molar-refractivity contribution is -0.131. The van der Waals surface area contributed by atoms with Gasteiger partial charge in [-0.1, -0.05) is 13.8 Å². The molecule has 32 heavy (non-hydrogen) atoms. The van der Waals surface area contributed by atoms with Crippen molar-refractivity contribution in [3.05, 3.63) is 0 Å². The number of fused-ring (bicyclic) bond motifs is 1. The number of carbonyl (C=O) groups excluding carboxylic acids is 4. The quantitative estimate of drug-likeness (QED) is 0.343. The highest BCUT2D eigenvalue weighted by Gasteiger charge is 2.44. The minimum Gasteiger partial charge on any atom is -0.443 e. The number of Topliss-reactive ketones (excluding diaryl/α,β-unsaturated/α-hetero) is 1. The third-order valence-corrected chi connectivity index (χ3v) is 6.10. The van der Waals surface area contributed by atoms with Gasteiger partial charge in [-0.2, -0.15) is 0 Å². The minimum atomic E-state index is -1.02. The number of hydrogen-bond donors (Lipinski definition) is 4. The summed E-state index contributed by atoms with van der Waals surface area (Å²) in [5.41, 5.74) is 0. The van der Waals surface area contributed by atoms with Crippen LogP contribution in [0.25, 0.3) is 0 Å². The Labute approximate surface area is 186 Å². The lowest BCUT2D eigenvalue weighted by Crippen LogP contribution is -2.53. The van der Waals surface area contributed by atoms with E-state index in [9.17, 15) is 24.3 Å². The van der Waals surface area contributed by atoms with Gasteiger partial charge in [-0.25, -0.2) is 4.79 Å². The van der Waals surface area contributed by atoms with E-state index in [0.29, 0.717) is 26.0 Å². The maximum atomic E-state index is 13.0.